The van der Waals surface area contributed by atoms with E-state index in [-0.39, 0.29) is 63.2 Å². The molecule has 0 aliphatic carbocycles. The Morgan fingerprint density at radius 2 is 1.45 bits per heavy atom. The summed E-state index contributed by atoms with van der Waals surface area (Å²) in [6.45, 7) is 0.771. The number of aromatic nitrogens is 4. The number of aliphatic hydroxyl groups is 2. The van der Waals surface area contributed by atoms with Gasteiger partial charge in [-0.05, 0) is 43.9 Å². The van der Waals surface area contributed by atoms with Gasteiger partial charge in [-0.3, -0.25) is 28.7 Å². The molecule has 296 valence electrons. The second-order valence-electron chi connectivity index (χ2n) is 12.2. The van der Waals surface area contributed by atoms with Gasteiger partial charge in [0.1, 0.15) is 24.7 Å². The lowest BCUT2D eigenvalue weighted by molar-refractivity contribution is -0.0550. The molecule has 2 aromatic rings. The van der Waals surface area contributed by atoms with E-state index in [1.807, 2.05) is 24.6 Å². The number of hydrogen-bond acceptors (Lipinski definition) is 16. The summed E-state index contributed by atoms with van der Waals surface area (Å²) in [5, 5.41) is 30.0. The number of rotatable bonds is 20. The quantitative estimate of drug-likeness (QED) is 0.108. The van der Waals surface area contributed by atoms with Crippen LogP contribution in [0.1, 0.15) is 63.1 Å². The molecule has 23 heteroatoms. The van der Waals surface area contributed by atoms with Crippen molar-refractivity contribution in [1.29, 1.82) is 5.26 Å². The monoisotopic (exact) mass is 824 g/mol. The van der Waals surface area contributed by atoms with Crippen molar-refractivity contribution < 1.29 is 42.3 Å². The van der Waals surface area contributed by atoms with Gasteiger partial charge in [-0.2, -0.15) is 5.26 Å². The highest BCUT2D eigenvalue weighted by atomic mass is 32.5. The molecule has 4 rings (SSSR count). The lowest BCUT2D eigenvalue weighted by Gasteiger charge is -2.32. The molecule has 0 saturated carbocycles. The number of H-pyrrole nitrogens is 2. The third kappa shape index (κ3) is 11.2. The first-order chi connectivity index (χ1) is 25.2. The minimum absolute atomic E-state index is 0.00826. The van der Waals surface area contributed by atoms with E-state index in [2.05, 4.69) is 9.97 Å². The smallest absolute Gasteiger partial charge is 0.330 e. The van der Waals surface area contributed by atoms with Crippen molar-refractivity contribution in [2.75, 3.05) is 46.1 Å². The van der Waals surface area contributed by atoms with E-state index in [9.17, 15) is 29.4 Å². The molecule has 4 heterocycles. The molecule has 2 aliphatic rings. The van der Waals surface area contributed by atoms with E-state index in [1.165, 1.54) is 35.4 Å². The molecule has 2 saturated heterocycles. The van der Waals surface area contributed by atoms with E-state index < -0.39 is 79.3 Å². The summed E-state index contributed by atoms with van der Waals surface area (Å²) < 4.78 is 46.4. The zero-order chi connectivity index (χ0) is 38.9. The van der Waals surface area contributed by atoms with Crippen LogP contribution in [0.15, 0.2) is 31.6 Å². The Kier molecular flexibility index (Phi) is 16.0. The number of hydrogen-bond donors (Lipinski definition) is 4. The van der Waals surface area contributed by atoms with Crippen molar-refractivity contribution in [2.45, 2.75) is 90.2 Å². The summed E-state index contributed by atoms with van der Waals surface area (Å²) in [4.78, 5) is 53.3. The second kappa shape index (κ2) is 19.6. The molecule has 0 aromatic carbocycles. The molecule has 8 unspecified atom stereocenters. The molecule has 0 radical (unpaired) electrons. The largest absolute Gasteiger partial charge is 0.394 e. The fraction of sp³-hybridized carbons (Fsp3) is 0.700. The second-order valence-corrected chi connectivity index (χ2v) is 18.6. The molecule has 19 nitrogen and oxygen atoms in total. The topological polar surface area (TPSA) is 242 Å². The van der Waals surface area contributed by atoms with E-state index in [4.69, 9.17) is 61.0 Å². The summed E-state index contributed by atoms with van der Waals surface area (Å²) in [7, 11) is 0. The van der Waals surface area contributed by atoms with Gasteiger partial charge < -0.3 is 42.3 Å². The lowest BCUT2D eigenvalue weighted by Crippen LogP contribution is -2.33. The predicted molar refractivity (Wildman–Crippen MR) is 197 cm³/mol. The molecule has 2 aromatic heterocycles. The Morgan fingerprint density at radius 3 is 2.02 bits per heavy atom. The molecule has 2 aliphatic heterocycles. The SMILES string of the molecule is CCN(CC)P(=S)(OCCC#N)OCCCOP(=S)(OCC1OC(n2cc(C)c(=O)[nH]c2=O)CC1O)OC1CC(n2cc(C)c(=O)[nH]c2=O)OC1CO. The van der Waals surface area contributed by atoms with Crippen LogP contribution in [-0.2, 0) is 55.7 Å². The summed E-state index contributed by atoms with van der Waals surface area (Å²) in [6, 6.07) is 2.03. The maximum Gasteiger partial charge on any atom is 0.330 e. The van der Waals surface area contributed by atoms with Crippen LogP contribution in [0.4, 0.5) is 0 Å². The highest BCUT2D eigenvalue weighted by molar-refractivity contribution is 8.08. The molecule has 2 fully saturated rings. The van der Waals surface area contributed by atoms with Crippen LogP contribution in [0.5, 0.6) is 0 Å². The van der Waals surface area contributed by atoms with Crippen LogP contribution in [0.25, 0.3) is 0 Å². The zero-order valence-corrected chi connectivity index (χ0v) is 33.2. The van der Waals surface area contributed by atoms with Crippen LogP contribution in [0, 0.1) is 25.2 Å². The third-order valence-corrected chi connectivity index (χ3v) is 14.5. The Morgan fingerprint density at radius 1 is 0.906 bits per heavy atom. The molecule has 53 heavy (non-hydrogen) atoms. The van der Waals surface area contributed by atoms with E-state index in [0.29, 0.717) is 13.1 Å². The van der Waals surface area contributed by atoms with Crippen molar-refractivity contribution in [1.82, 2.24) is 23.8 Å². The predicted octanol–water partition coefficient (Wildman–Crippen LogP) is 1.18. The van der Waals surface area contributed by atoms with Crippen LogP contribution in [-0.4, -0.2) is 105 Å². The van der Waals surface area contributed by atoms with Gasteiger partial charge in [-0.25, -0.2) is 14.3 Å². The summed E-state index contributed by atoms with van der Waals surface area (Å²) in [5.74, 6) is 0. The van der Waals surface area contributed by atoms with Crippen molar-refractivity contribution in [3.8, 4) is 6.07 Å². The van der Waals surface area contributed by atoms with Crippen molar-refractivity contribution in [3.05, 3.63) is 65.2 Å². The fourth-order valence-electron chi connectivity index (χ4n) is 5.60. The van der Waals surface area contributed by atoms with Crippen molar-refractivity contribution in [2.24, 2.45) is 0 Å². The summed E-state index contributed by atoms with van der Waals surface area (Å²) in [6.07, 6.45) is -2.67. The van der Waals surface area contributed by atoms with Crippen molar-refractivity contribution in [3.63, 3.8) is 0 Å². The maximum atomic E-state index is 12.6. The van der Waals surface area contributed by atoms with Crippen LogP contribution >= 0.6 is 13.4 Å². The number of aromatic amines is 2. The zero-order valence-electron chi connectivity index (χ0n) is 29.8. The minimum atomic E-state index is -3.75. The number of nitrogens with one attached hydrogen (secondary N) is 2. The van der Waals surface area contributed by atoms with Gasteiger partial charge in [0.25, 0.3) is 17.8 Å². The first kappa shape index (κ1) is 43.5. The van der Waals surface area contributed by atoms with Gasteiger partial charge in [0, 0.05) is 49.5 Å². The van der Waals surface area contributed by atoms with Gasteiger partial charge in [-0.15, -0.1) is 0 Å². The van der Waals surface area contributed by atoms with E-state index in [0.717, 1.165) is 0 Å². The summed E-state index contributed by atoms with van der Waals surface area (Å²) in [5.41, 5.74) is -1.95. The molecule has 0 amide bonds. The fourth-order valence-corrected chi connectivity index (χ4v) is 10.7. The average Bonchev–Trinajstić information content (AvgIpc) is 3.69. The van der Waals surface area contributed by atoms with Crippen LogP contribution < -0.4 is 22.5 Å². The minimum Gasteiger partial charge on any atom is -0.394 e. The van der Waals surface area contributed by atoms with E-state index in [1.54, 1.807) is 0 Å². The molecular weight excluding hydrogens is 778 g/mol. The number of aryl methyl sites for hydroxylation is 2. The van der Waals surface area contributed by atoms with Gasteiger partial charge in [0.2, 0.25) is 0 Å². The highest BCUT2D eigenvalue weighted by Crippen LogP contribution is 2.55. The first-order valence-electron chi connectivity index (χ1n) is 17.0. The number of ether oxygens (including phenoxy) is 2. The lowest BCUT2D eigenvalue weighted by atomic mass is 10.2. The van der Waals surface area contributed by atoms with Gasteiger partial charge >= 0.3 is 18.1 Å². The molecule has 4 N–H and O–H groups in total. The van der Waals surface area contributed by atoms with Crippen LogP contribution in [0.3, 0.4) is 0 Å². The summed E-state index contributed by atoms with van der Waals surface area (Å²) >= 11 is 11.6. The Labute approximate surface area is 315 Å². The Hall–Kier alpha value is -2.25. The van der Waals surface area contributed by atoms with E-state index >= 15 is 0 Å². The van der Waals surface area contributed by atoms with Gasteiger partial charge in [0.15, 0.2) is 0 Å². The maximum absolute atomic E-state index is 12.6. The number of nitriles is 1. The van der Waals surface area contributed by atoms with Crippen molar-refractivity contribution >= 4 is 37.0 Å². The number of aliphatic hydroxyl groups excluding tert-OH is 2. The molecule has 0 bridgehead atoms. The molecule has 8 atom stereocenters. The first-order valence-corrected chi connectivity index (χ1v) is 22.1. The molecular formula is C30H46N6O13P2S2. The standard InChI is InChI=1S/C30H46N6O13P2S2/c1-5-34(6-2)50(52,43-10-7-9-31)44-11-8-12-45-51(53,46-18-24-21(38)13-25(48-24)35-15-19(3)27(39)32-29(35)41)49-22-14-26(47-23(22)17-37)36-16-20(4)28(40)33-30(36)42/h15-16,21-26,37-38H,5-8,10-14,17-18H2,1-4H3,(H,32,39,41)(H,33,40,42). The van der Waals surface area contributed by atoms with Gasteiger partial charge in [-0.1, -0.05) is 13.8 Å². The number of nitrogens with zero attached hydrogens (tertiary/aromatic N) is 4. The third-order valence-electron chi connectivity index (χ3n) is 8.48. The molecule has 0 spiro atoms. The Balaban J connectivity index is 1.49. The normalized spacial score (nSPS) is 25.3. The van der Waals surface area contributed by atoms with Gasteiger partial charge in [0.05, 0.1) is 57.7 Å². The Bertz CT molecular complexity index is 1930. The van der Waals surface area contributed by atoms with Crippen LogP contribution in [0.2, 0.25) is 0 Å². The highest BCUT2D eigenvalue weighted by Gasteiger charge is 2.43. The average molecular weight is 825 g/mol.